The standard InChI is InChI=1S/C16H25N3O2S/c1-3-6-12-9-14(20)19-16(17-12)22-10-15(21)18-13-8-5-4-7-11(13)2/h9,11,13H,3-8,10H2,1-2H3,(H,18,21)(H,17,19,20). The average Bonchev–Trinajstić information content (AvgIpc) is 2.47. The Bertz CT molecular complexity index is 559. The van der Waals surface area contributed by atoms with Crippen molar-refractivity contribution in [1.82, 2.24) is 15.3 Å². The summed E-state index contributed by atoms with van der Waals surface area (Å²) >= 11 is 1.29. The summed E-state index contributed by atoms with van der Waals surface area (Å²) in [6.45, 7) is 4.25. The zero-order valence-corrected chi connectivity index (χ0v) is 14.2. The molecule has 2 unspecified atom stereocenters. The molecule has 5 nitrogen and oxygen atoms in total. The molecule has 1 heterocycles. The van der Waals surface area contributed by atoms with Crippen LogP contribution in [0.2, 0.25) is 0 Å². The highest BCUT2D eigenvalue weighted by Crippen LogP contribution is 2.23. The third-order valence-electron chi connectivity index (χ3n) is 4.08. The minimum Gasteiger partial charge on any atom is -0.352 e. The SMILES string of the molecule is CCCc1cc(=O)[nH]c(SCC(=O)NC2CCCCC2C)n1. The first-order valence-corrected chi connectivity index (χ1v) is 9.09. The summed E-state index contributed by atoms with van der Waals surface area (Å²) in [5, 5.41) is 3.64. The zero-order valence-electron chi connectivity index (χ0n) is 13.4. The van der Waals surface area contributed by atoms with Gasteiger partial charge in [0.15, 0.2) is 5.16 Å². The first kappa shape index (κ1) is 17.1. The van der Waals surface area contributed by atoms with Crippen molar-refractivity contribution >= 4 is 17.7 Å². The molecule has 0 radical (unpaired) electrons. The molecule has 1 aromatic rings. The van der Waals surface area contributed by atoms with Gasteiger partial charge in [0.2, 0.25) is 5.91 Å². The van der Waals surface area contributed by atoms with Gasteiger partial charge in [0.1, 0.15) is 0 Å². The highest BCUT2D eigenvalue weighted by atomic mass is 32.2. The fourth-order valence-electron chi connectivity index (χ4n) is 2.85. The molecule has 0 aliphatic heterocycles. The van der Waals surface area contributed by atoms with Crippen LogP contribution in [-0.4, -0.2) is 27.7 Å². The van der Waals surface area contributed by atoms with Gasteiger partial charge in [-0.05, 0) is 25.2 Å². The molecule has 0 aromatic carbocycles. The number of nitrogens with one attached hydrogen (secondary N) is 2. The Labute approximate surface area is 135 Å². The molecule has 1 aliphatic rings. The van der Waals surface area contributed by atoms with E-state index in [1.54, 1.807) is 0 Å². The molecule has 1 amide bonds. The van der Waals surface area contributed by atoms with E-state index in [-0.39, 0.29) is 11.5 Å². The maximum absolute atomic E-state index is 12.1. The Hall–Kier alpha value is -1.30. The predicted octanol–water partition coefficient (Wildman–Crippen LogP) is 2.51. The molecule has 0 bridgehead atoms. The lowest BCUT2D eigenvalue weighted by Gasteiger charge is -2.29. The number of nitrogens with zero attached hydrogens (tertiary/aromatic N) is 1. The lowest BCUT2D eigenvalue weighted by molar-refractivity contribution is -0.119. The van der Waals surface area contributed by atoms with Crippen LogP contribution in [0.15, 0.2) is 16.0 Å². The molecular weight excluding hydrogens is 298 g/mol. The van der Waals surface area contributed by atoms with Crippen LogP contribution in [-0.2, 0) is 11.2 Å². The summed E-state index contributed by atoms with van der Waals surface area (Å²) in [5.41, 5.74) is 0.636. The van der Waals surface area contributed by atoms with E-state index in [4.69, 9.17) is 0 Å². The van der Waals surface area contributed by atoms with Gasteiger partial charge in [0.05, 0.1) is 5.75 Å². The molecular formula is C16H25N3O2S. The van der Waals surface area contributed by atoms with Gasteiger partial charge in [0.25, 0.3) is 5.56 Å². The van der Waals surface area contributed by atoms with Crippen molar-refractivity contribution in [3.8, 4) is 0 Å². The number of carbonyl (C=O) groups is 1. The second-order valence-electron chi connectivity index (χ2n) is 6.02. The van der Waals surface area contributed by atoms with Crippen molar-refractivity contribution < 1.29 is 4.79 Å². The highest BCUT2D eigenvalue weighted by Gasteiger charge is 2.22. The minimum atomic E-state index is -0.151. The van der Waals surface area contributed by atoms with Gasteiger partial charge in [-0.2, -0.15) is 0 Å². The van der Waals surface area contributed by atoms with Crippen LogP contribution in [0.1, 0.15) is 51.6 Å². The number of rotatable bonds is 6. The quantitative estimate of drug-likeness (QED) is 0.623. The summed E-state index contributed by atoms with van der Waals surface area (Å²) in [4.78, 5) is 30.7. The monoisotopic (exact) mass is 323 g/mol. The summed E-state index contributed by atoms with van der Waals surface area (Å²) in [6.07, 6.45) is 6.43. The van der Waals surface area contributed by atoms with E-state index in [1.165, 1.54) is 37.1 Å². The summed E-state index contributed by atoms with van der Waals surface area (Å²) in [7, 11) is 0. The summed E-state index contributed by atoms with van der Waals surface area (Å²) in [6, 6.07) is 1.82. The maximum atomic E-state index is 12.1. The van der Waals surface area contributed by atoms with Gasteiger partial charge in [-0.25, -0.2) is 4.98 Å². The number of hydrogen-bond acceptors (Lipinski definition) is 4. The molecule has 1 saturated carbocycles. The van der Waals surface area contributed by atoms with E-state index in [0.29, 0.717) is 22.9 Å². The van der Waals surface area contributed by atoms with Crippen molar-refractivity contribution in [2.24, 2.45) is 5.92 Å². The van der Waals surface area contributed by atoms with E-state index in [0.717, 1.165) is 25.0 Å². The highest BCUT2D eigenvalue weighted by molar-refractivity contribution is 7.99. The van der Waals surface area contributed by atoms with E-state index in [1.807, 2.05) is 0 Å². The minimum absolute atomic E-state index is 0.0206. The number of aromatic amines is 1. The fraction of sp³-hybridized carbons (Fsp3) is 0.688. The first-order valence-electron chi connectivity index (χ1n) is 8.11. The summed E-state index contributed by atoms with van der Waals surface area (Å²) < 4.78 is 0. The van der Waals surface area contributed by atoms with Crippen molar-refractivity contribution in [2.45, 2.75) is 63.6 Å². The lowest BCUT2D eigenvalue weighted by Crippen LogP contribution is -2.41. The van der Waals surface area contributed by atoms with E-state index < -0.39 is 0 Å². The molecule has 0 saturated heterocycles. The molecule has 1 aromatic heterocycles. The van der Waals surface area contributed by atoms with Gasteiger partial charge >= 0.3 is 0 Å². The number of hydrogen-bond donors (Lipinski definition) is 2. The molecule has 1 fully saturated rings. The number of thioether (sulfide) groups is 1. The Balaban J connectivity index is 1.86. The van der Waals surface area contributed by atoms with E-state index >= 15 is 0 Å². The van der Waals surface area contributed by atoms with Crippen LogP contribution in [0.4, 0.5) is 0 Å². The number of H-pyrrole nitrogens is 1. The van der Waals surface area contributed by atoms with Gasteiger partial charge in [-0.15, -0.1) is 0 Å². The number of carbonyl (C=O) groups excluding carboxylic acids is 1. The molecule has 2 rings (SSSR count). The molecule has 6 heteroatoms. The van der Waals surface area contributed by atoms with Crippen LogP contribution < -0.4 is 10.9 Å². The topological polar surface area (TPSA) is 74.8 Å². The second kappa shape index (κ2) is 8.36. The number of amides is 1. The van der Waals surface area contributed by atoms with Crippen molar-refractivity contribution in [3.05, 3.63) is 22.1 Å². The second-order valence-corrected chi connectivity index (χ2v) is 6.98. The van der Waals surface area contributed by atoms with Gasteiger partial charge in [-0.3, -0.25) is 9.59 Å². The first-order chi connectivity index (χ1) is 10.6. The van der Waals surface area contributed by atoms with E-state index in [2.05, 4.69) is 29.1 Å². The molecule has 1 aliphatic carbocycles. The van der Waals surface area contributed by atoms with E-state index in [9.17, 15) is 9.59 Å². The average molecular weight is 323 g/mol. The Kier molecular flexibility index (Phi) is 6.49. The molecule has 0 spiro atoms. The van der Waals surface area contributed by atoms with Crippen LogP contribution in [0.3, 0.4) is 0 Å². The van der Waals surface area contributed by atoms with Crippen LogP contribution in [0, 0.1) is 5.92 Å². The van der Waals surface area contributed by atoms with Crippen molar-refractivity contribution in [2.75, 3.05) is 5.75 Å². The third kappa shape index (κ3) is 5.16. The molecule has 2 atom stereocenters. The van der Waals surface area contributed by atoms with Crippen LogP contribution in [0.5, 0.6) is 0 Å². The smallest absolute Gasteiger partial charge is 0.251 e. The van der Waals surface area contributed by atoms with Crippen molar-refractivity contribution in [3.63, 3.8) is 0 Å². The third-order valence-corrected chi connectivity index (χ3v) is 4.95. The van der Waals surface area contributed by atoms with Crippen LogP contribution >= 0.6 is 11.8 Å². The molecule has 122 valence electrons. The molecule has 22 heavy (non-hydrogen) atoms. The lowest BCUT2D eigenvalue weighted by atomic mass is 9.86. The Morgan fingerprint density at radius 2 is 2.23 bits per heavy atom. The normalized spacial score (nSPS) is 21.5. The largest absolute Gasteiger partial charge is 0.352 e. The van der Waals surface area contributed by atoms with Gasteiger partial charge in [-0.1, -0.05) is 44.9 Å². The summed E-state index contributed by atoms with van der Waals surface area (Å²) in [5.74, 6) is 0.864. The number of aromatic nitrogens is 2. The maximum Gasteiger partial charge on any atom is 0.251 e. The van der Waals surface area contributed by atoms with Gasteiger partial charge < -0.3 is 10.3 Å². The van der Waals surface area contributed by atoms with Gasteiger partial charge in [0, 0.05) is 17.8 Å². The Morgan fingerprint density at radius 3 is 2.95 bits per heavy atom. The number of aryl methyl sites for hydroxylation is 1. The Morgan fingerprint density at radius 1 is 1.45 bits per heavy atom. The molecule has 2 N–H and O–H groups in total. The van der Waals surface area contributed by atoms with Crippen LogP contribution in [0.25, 0.3) is 0 Å². The predicted molar refractivity (Wildman–Crippen MR) is 89.1 cm³/mol. The fourth-order valence-corrected chi connectivity index (χ4v) is 3.55. The zero-order chi connectivity index (χ0) is 15.9. The van der Waals surface area contributed by atoms with Crippen molar-refractivity contribution in [1.29, 1.82) is 0 Å².